The molecule has 3 aliphatic rings. The Kier molecular flexibility index (Phi) is 4.25. The first-order chi connectivity index (χ1) is 8.81. The van der Waals surface area contributed by atoms with Gasteiger partial charge in [0.25, 0.3) is 0 Å². The maximum atomic E-state index is 3.87. The average Bonchev–Trinajstić information content (AvgIpc) is 2.79. The van der Waals surface area contributed by atoms with Crippen molar-refractivity contribution in [2.45, 2.75) is 70.4 Å². The van der Waals surface area contributed by atoms with Gasteiger partial charge in [-0.15, -0.1) is 0 Å². The monoisotopic (exact) mass is 250 g/mol. The van der Waals surface area contributed by atoms with Gasteiger partial charge in [0, 0.05) is 25.2 Å². The van der Waals surface area contributed by atoms with Crippen LogP contribution in [0.4, 0.5) is 0 Å². The number of piperidine rings is 1. The van der Waals surface area contributed by atoms with Crippen LogP contribution in [-0.4, -0.2) is 36.6 Å². The maximum Gasteiger partial charge on any atom is 0.0198 e. The normalized spacial score (nSPS) is 35.8. The van der Waals surface area contributed by atoms with E-state index in [-0.39, 0.29) is 0 Å². The summed E-state index contributed by atoms with van der Waals surface area (Å²) in [5.41, 5.74) is 0. The third-order valence-corrected chi connectivity index (χ3v) is 5.45. The fourth-order valence-electron chi connectivity index (χ4n) is 4.14. The predicted octanol–water partition coefficient (Wildman–Crippen LogP) is 3.03. The third-order valence-electron chi connectivity index (χ3n) is 5.45. The Morgan fingerprint density at radius 1 is 1.00 bits per heavy atom. The zero-order valence-corrected chi connectivity index (χ0v) is 12.0. The van der Waals surface area contributed by atoms with Crippen LogP contribution in [0.3, 0.4) is 0 Å². The Morgan fingerprint density at radius 3 is 2.44 bits per heavy atom. The first-order valence-electron chi connectivity index (χ1n) is 8.28. The molecule has 2 aliphatic carbocycles. The number of nitrogens with zero attached hydrogens (tertiary/aromatic N) is 1. The Hall–Kier alpha value is -0.0800. The smallest absolute Gasteiger partial charge is 0.0198 e. The second-order valence-corrected chi connectivity index (χ2v) is 7.14. The molecule has 0 aromatic carbocycles. The van der Waals surface area contributed by atoms with Crippen LogP contribution >= 0.6 is 0 Å². The fraction of sp³-hybridized carbons (Fsp3) is 1.00. The quantitative estimate of drug-likeness (QED) is 0.825. The molecule has 0 spiro atoms. The van der Waals surface area contributed by atoms with Crippen molar-refractivity contribution >= 4 is 0 Å². The van der Waals surface area contributed by atoms with Crippen molar-refractivity contribution in [1.29, 1.82) is 0 Å². The minimum absolute atomic E-state index is 0.773. The molecular formula is C16H30N2. The van der Waals surface area contributed by atoms with Crippen LogP contribution in [0.25, 0.3) is 0 Å². The summed E-state index contributed by atoms with van der Waals surface area (Å²) in [4.78, 5) is 2.81. The summed E-state index contributed by atoms with van der Waals surface area (Å²) in [6.45, 7) is 6.41. The first-order valence-corrected chi connectivity index (χ1v) is 8.28. The second-order valence-electron chi connectivity index (χ2n) is 7.14. The van der Waals surface area contributed by atoms with Gasteiger partial charge in [0.2, 0.25) is 0 Å². The van der Waals surface area contributed by atoms with Gasteiger partial charge in [0.15, 0.2) is 0 Å². The summed E-state index contributed by atoms with van der Waals surface area (Å²) >= 11 is 0. The molecule has 2 saturated carbocycles. The van der Waals surface area contributed by atoms with Crippen LogP contribution < -0.4 is 5.32 Å². The van der Waals surface area contributed by atoms with Gasteiger partial charge in [0.05, 0.1) is 0 Å². The molecule has 1 N–H and O–H groups in total. The lowest BCUT2D eigenvalue weighted by molar-refractivity contribution is 0.102. The highest BCUT2D eigenvalue weighted by Gasteiger charge is 2.31. The standard InChI is InChI=1S/C16H30N2/c1-13-9-15(17-10-14-5-4-6-14)12-18(11-13)16-7-2-3-8-16/h13-17H,2-12H2,1H3. The second kappa shape index (κ2) is 5.92. The van der Waals surface area contributed by atoms with Gasteiger partial charge in [-0.2, -0.15) is 0 Å². The van der Waals surface area contributed by atoms with Gasteiger partial charge in [-0.1, -0.05) is 26.2 Å². The summed E-state index contributed by atoms with van der Waals surface area (Å²) in [7, 11) is 0. The summed E-state index contributed by atoms with van der Waals surface area (Å²) in [5, 5.41) is 3.87. The van der Waals surface area contributed by atoms with Crippen molar-refractivity contribution in [3.63, 3.8) is 0 Å². The molecule has 2 unspecified atom stereocenters. The molecule has 1 saturated heterocycles. The van der Waals surface area contributed by atoms with E-state index in [2.05, 4.69) is 17.1 Å². The highest BCUT2D eigenvalue weighted by atomic mass is 15.2. The molecule has 0 radical (unpaired) electrons. The molecule has 0 aromatic rings. The number of rotatable bonds is 4. The van der Waals surface area contributed by atoms with E-state index in [9.17, 15) is 0 Å². The summed E-state index contributed by atoms with van der Waals surface area (Å²) in [5.74, 6) is 1.89. The lowest BCUT2D eigenvalue weighted by atomic mass is 9.85. The SMILES string of the molecule is CC1CC(NCC2CCC2)CN(C2CCCC2)C1. The van der Waals surface area contributed by atoms with Crippen LogP contribution in [0.5, 0.6) is 0 Å². The summed E-state index contributed by atoms with van der Waals surface area (Å²) < 4.78 is 0. The molecule has 1 heterocycles. The number of nitrogens with one attached hydrogen (secondary N) is 1. The molecule has 18 heavy (non-hydrogen) atoms. The van der Waals surface area contributed by atoms with E-state index in [4.69, 9.17) is 0 Å². The molecule has 2 atom stereocenters. The van der Waals surface area contributed by atoms with E-state index in [0.717, 1.165) is 23.9 Å². The Morgan fingerprint density at radius 2 is 1.78 bits per heavy atom. The minimum Gasteiger partial charge on any atom is -0.312 e. The van der Waals surface area contributed by atoms with Crippen molar-refractivity contribution in [2.24, 2.45) is 11.8 Å². The van der Waals surface area contributed by atoms with Crippen molar-refractivity contribution in [1.82, 2.24) is 10.2 Å². The van der Waals surface area contributed by atoms with E-state index in [0.29, 0.717) is 0 Å². The maximum absolute atomic E-state index is 3.87. The average molecular weight is 250 g/mol. The van der Waals surface area contributed by atoms with Crippen LogP contribution in [0, 0.1) is 11.8 Å². The lowest BCUT2D eigenvalue weighted by Crippen LogP contribution is -2.52. The molecule has 0 bridgehead atoms. The lowest BCUT2D eigenvalue weighted by Gasteiger charge is -2.41. The highest BCUT2D eigenvalue weighted by Crippen LogP contribution is 2.29. The number of hydrogen-bond donors (Lipinski definition) is 1. The largest absolute Gasteiger partial charge is 0.312 e. The number of likely N-dealkylation sites (tertiary alicyclic amines) is 1. The van der Waals surface area contributed by atoms with Gasteiger partial charge < -0.3 is 5.32 Å². The zero-order chi connectivity index (χ0) is 12.4. The summed E-state index contributed by atoms with van der Waals surface area (Å²) in [6.07, 6.45) is 11.7. The van der Waals surface area contributed by atoms with E-state index >= 15 is 0 Å². The highest BCUT2D eigenvalue weighted by molar-refractivity contribution is 4.88. The minimum atomic E-state index is 0.773. The van der Waals surface area contributed by atoms with Gasteiger partial charge in [0.1, 0.15) is 0 Å². The first kappa shape index (κ1) is 12.9. The molecule has 104 valence electrons. The molecule has 0 aromatic heterocycles. The van der Waals surface area contributed by atoms with Crippen LogP contribution in [0.15, 0.2) is 0 Å². The molecule has 3 rings (SSSR count). The zero-order valence-electron chi connectivity index (χ0n) is 12.0. The van der Waals surface area contributed by atoms with Gasteiger partial charge >= 0.3 is 0 Å². The van der Waals surface area contributed by atoms with Crippen LogP contribution in [-0.2, 0) is 0 Å². The van der Waals surface area contributed by atoms with Crippen LogP contribution in [0.2, 0.25) is 0 Å². The van der Waals surface area contributed by atoms with Crippen molar-refractivity contribution in [3.8, 4) is 0 Å². The van der Waals surface area contributed by atoms with E-state index in [1.807, 2.05) is 0 Å². The van der Waals surface area contributed by atoms with Gasteiger partial charge in [-0.3, -0.25) is 4.90 Å². The van der Waals surface area contributed by atoms with E-state index in [1.54, 1.807) is 0 Å². The van der Waals surface area contributed by atoms with Crippen molar-refractivity contribution in [2.75, 3.05) is 19.6 Å². The predicted molar refractivity (Wildman–Crippen MR) is 76.7 cm³/mol. The summed E-state index contributed by atoms with van der Waals surface area (Å²) in [6, 6.07) is 1.69. The molecule has 0 amide bonds. The number of hydrogen-bond acceptors (Lipinski definition) is 2. The van der Waals surface area contributed by atoms with Crippen molar-refractivity contribution in [3.05, 3.63) is 0 Å². The van der Waals surface area contributed by atoms with Gasteiger partial charge in [-0.05, 0) is 50.5 Å². The van der Waals surface area contributed by atoms with Crippen LogP contribution in [0.1, 0.15) is 58.3 Å². The molecule has 2 heteroatoms. The topological polar surface area (TPSA) is 15.3 Å². The van der Waals surface area contributed by atoms with Gasteiger partial charge in [-0.25, -0.2) is 0 Å². The Bertz CT molecular complexity index is 256. The molecule has 2 nitrogen and oxygen atoms in total. The third kappa shape index (κ3) is 3.08. The Balaban J connectivity index is 1.47. The molecule has 1 aliphatic heterocycles. The van der Waals surface area contributed by atoms with E-state index < -0.39 is 0 Å². The fourth-order valence-corrected chi connectivity index (χ4v) is 4.14. The Labute approximate surface area is 113 Å². The molecular weight excluding hydrogens is 220 g/mol. The van der Waals surface area contributed by atoms with Crippen molar-refractivity contribution < 1.29 is 0 Å². The van der Waals surface area contributed by atoms with E-state index in [1.165, 1.54) is 71.0 Å². The molecule has 3 fully saturated rings.